The zero-order valence-electron chi connectivity index (χ0n) is 25.6. The Morgan fingerprint density at radius 3 is 1.97 bits per heavy atom. The largest absolute Gasteiger partial charge is 0.445 e. The zero-order valence-corrected chi connectivity index (χ0v) is 25.6. The maximum atomic E-state index is 12.1. The Morgan fingerprint density at radius 2 is 1.38 bits per heavy atom. The minimum atomic E-state index is -0.315. The third-order valence-corrected chi connectivity index (χ3v) is 8.12. The SMILES string of the molecule is CCCCCCCCCCCCCCCCCCNC(=O)OCc1[c]ccc(CCCN2CCN(C)CC2)c1. The molecule has 0 bridgehead atoms. The molecule has 39 heavy (non-hydrogen) atoms. The highest BCUT2D eigenvalue weighted by Crippen LogP contribution is 2.14. The van der Waals surface area contributed by atoms with Crippen LogP contribution in [0.3, 0.4) is 0 Å². The van der Waals surface area contributed by atoms with Crippen LogP contribution in [0.2, 0.25) is 0 Å². The van der Waals surface area contributed by atoms with E-state index in [0.717, 1.165) is 31.4 Å². The van der Waals surface area contributed by atoms with Crippen LogP contribution in [-0.2, 0) is 17.8 Å². The van der Waals surface area contributed by atoms with Gasteiger partial charge in [-0.15, -0.1) is 0 Å². The smallest absolute Gasteiger partial charge is 0.407 e. The number of rotatable bonds is 23. The molecule has 1 heterocycles. The molecule has 1 amide bonds. The van der Waals surface area contributed by atoms with E-state index in [-0.39, 0.29) is 12.7 Å². The van der Waals surface area contributed by atoms with Crippen LogP contribution in [0, 0.1) is 6.07 Å². The number of piperazine rings is 1. The summed E-state index contributed by atoms with van der Waals surface area (Å²) in [4.78, 5) is 17.0. The average molecular weight is 543 g/mol. The van der Waals surface area contributed by atoms with E-state index in [1.165, 1.54) is 128 Å². The van der Waals surface area contributed by atoms with Crippen molar-refractivity contribution >= 4 is 6.09 Å². The number of carbonyl (C=O) groups excluding carboxylic acids is 1. The van der Waals surface area contributed by atoms with E-state index in [1.807, 2.05) is 6.07 Å². The Morgan fingerprint density at radius 1 is 0.821 bits per heavy atom. The predicted molar refractivity (Wildman–Crippen MR) is 165 cm³/mol. The normalized spacial score (nSPS) is 14.5. The molecule has 1 saturated heterocycles. The number of nitrogens with one attached hydrogen (secondary N) is 1. The number of amides is 1. The minimum Gasteiger partial charge on any atom is -0.445 e. The van der Waals surface area contributed by atoms with Crippen LogP contribution in [0.25, 0.3) is 0 Å². The second kappa shape index (κ2) is 23.1. The van der Waals surface area contributed by atoms with E-state index in [0.29, 0.717) is 6.54 Å². The van der Waals surface area contributed by atoms with Crippen LogP contribution in [0.4, 0.5) is 4.79 Å². The Kier molecular flexibility index (Phi) is 20.0. The van der Waals surface area contributed by atoms with Crippen molar-refractivity contribution in [1.29, 1.82) is 0 Å². The second-order valence-electron chi connectivity index (χ2n) is 11.8. The van der Waals surface area contributed by atoms with Gasteiger partial charge < -0.3 is 19.9 Å². The van der Waals surface area contributed by atoms with E-state index in [4.69, 9.17) is 4.74 Å². The monoisotopic (exact) mass is 542 g/mol. The first kappa shape index (κ1) is 33.6. The summed E-state index contributed by atoms with van der Waals surface area (Å²) in [6, 6.07) is 9.43. The molecule has 0 saturated carbocycles. The molecule has 223 valence electrons. The van der Waals surface area contributed by atoms with Gasteiger partial charge in [0, 0.05) is 32.7 Å². The Balaban J connectivity index is 1.36. The summed E-state index contributed by atoms with van der Waals surface area (Å²) >= 11 is 0. The molecule has 1 radical (unpaired) electrons. The van der Waals surface area contributed by atoms with Crippen molar-refractivity contribution in [3.05, 3.63) is 35.4 Å². The quantitative estimate of drug-likeness (QED) is 0.142. The summed E-state index contributed by atoms with van der Waals surface area (Å²) in [5, 5.41) is 2.91. The van der Waals surface area contributed by atoms with Crippen molar-refractivity contribution in [3.63, 3.8) is 0 Å². The van der Waals surface area contributed by atoms with E-state index >= 15 is 0 Å². The number of likely N-dealkylation sites (N-methyl/N-ethyl adjacent to an activating group) is 1. The molecule has 0 unspecified atom stereocenters. The zero-order chi connectivity index (χ0) is 27.8. The molecule has 1 aliphatic heterocycles. The van der Waals surface area contributed by atoms with Crippen LogP contribution in [0.15, 0.2) is 18.2 Å². The standard InChI is InChI=1S/C34H60N3O2/c1-3-4-5-6-7-8-9-10-11-12-13-14-15-16-17-18-24-35-34(38)39-31-33-22-19-21-32(30-33)23-20-25-37-28-26-36(2)27-29-37/h19,21,30H,3-18,20,23-29,31H2,1-2H3,(H,35,38). The fourth-order valence-electron chi connectivity index (χ4n) is 5.44. The maximum Gasteiger partial charge on any atom is 0.407 e. The van der Waals surface area contributed by atoms with Gasteiger partial charge in [-0.3, -0.25) is 0 Å². The van der Waals surface area contributed by atoms with E-state index in [9.17, 15) is 4.79 Å². The lowest BCUT2D eigenvalue weighted by atomic mass is 10.0. The number of hydrogen-bond donors (Lipinski definition) is 1. The molecule has 0 aromatic heterocycles. The average Bonchev–Trinajstić information content (AvgIpc) is 2.95. The van der Waals surface area contributed by atoms with Crippen molar-refractivity contribution in [2.75, 3.05) is 46.3 Å². The van der Waals surface area contributed by atoms with Gasteiger partial charge in [-0.25, -0.2) is 4.79 Å². The number of alkyl carbamates (subject to hydrolysis) is 1. The molecule has 0 atom stereocenters. The van der Waals surface area contributed by atoms with Gasteiger partial charge in [-0.1, -0.05) is 121 Å². The highest BCUT2D eigenvalue weighted by atomic mass is 16.5. The van der Waals surface area contributed by atoms with Crippen LogP contribution < -0.4 is 5.32 Å². The van der Waals surface area contributed by atoms with Gasteiger partial charge in [0.05, 0.1) is 0 Å². The van der Waals surface area contributed by atoms with Crippen molar-refractivity contribution in [1.82, 2.24) is 15.1 Å². The molecule has 5 heteroatoms. The second-order valence-corrected chi connectivity index (χ2v) is 11.8. The summed E-state index contributed by atoms with van der Waals surface area (Å²) in [5.74, 6) is 0. The van der Waals surface area contributed by atoms with Gasteiger partial charge in [0.1, 0.15) is 6.61 Å². The van der Waals surface area contributed by atoms with Crippen molar-refractivity contribution in [3.8, 4) is 0 Å². The fraction of sp³-hybridized carbons (Fsp3) is 0.794. The third kappa shape index (κ3) is 18.4. The Hall–Kier alpha value is -1.59. The van der Waals surface area contributed by atoms with Crippen molar-refractivity contribution in [2.24, 2.45) is 0 Å². The van der Waals surface area contributed by atoms with E-state index in [2.05, 4.69) is 47.3 Å². The lowest BCUT2D eigenvalue weighted by molar-refractivity contribution is 0.139. The number of nitrogens with zero attached hydrogens (tertiary/aromatic N) is 2. The summed E-state index contributed by atoms with van der Waals surface area (Å²) in [6.07, 6.45) is 23.6. The fourth-order valence-corrected chi connectivity index (χ4v) is 5.44. The lowest BCUT2D eigenvalue weighted by Gasteiger charge is -2.32. The molecule has 5 nitrogen and oxygen atoms in total. The van der Waals surface area contributed by atoms with E-state index in [1.54, 1.807) is 0 Å². The van der Waals surface area contributed by atoms with Gasteiger partial charge in [0.2, 0.25) is 0 Å². The van der Waals surface area contributed by atoms with Gasteiger partial charge >= 0.3 is 6.09 Å². The number of aryl methyl sites for hydroxylation is 1. The van der Waals surface area contributed by atoms with Crippen LogP contribution in [0.5, 0.6) is 0 Å². The maximum absolute atomic E-state index is 12.1. The highest BCUT2D eigenvalue weighted by Gasteiger charge is 2.13. The molecule has 1 N–H and O–H groups in total. The van der Waals surface area contributed by atoms with Crippen molar-refractivity contribution < 1.29 is 9.53 Å². The first-order valence-corrected chi connectivity index (χ1v) is 16.5. The molecular formula is C34H60N3O2. The number of ether oxygens (including phenoxy) is 1. The molecular weight excluding hydrogens is 482 g/mol. The summed E-state index contributed by atoms with van der Waals surface area (Å²) in [5.41, 5.74) is 2.25. The number of benzene rings is 1. The molecule has 2 rings (SSSR count). The van der Waals surface area contributed by atoms with E-state index < -0.39 is 0 Å². The molecule has 0 spiro atoms. The van der Waals surface area contributed by atoms with Crippen molar-refractivity contribution in [2.45, 2.75) is 129 Å². The first-order chi connectivity index (χ1) is 19.2. The highest BCUT2D eigenvalue weighted by molar-refractivity contribution is 5.67. The minimum absolute atomic E-state index is 0.289. The first-order valence-electron chi connectivity index (χ1n) is 16.5. The lowest BCUT2D eigenvalue weighted by Crippen LogP contribution is -2.44. The van der Waals surface area contributed by atoms with Crippen LogP contribution in [0.1, 0.15) is 127 Å². The summed E-state index contributed by atoms with van der Waals surface area (Å²) < 4.78 is 5.43. The van der Waals surface area contributed by atoms with Gasteiger partial charge in [-0.05, 0) is 50.0 Å². The predicted octanol–water partition coefficient (Wildman–Crippen LogP) is 8.15. The molecule has 1 aromatic carbocycles. The summed E-state index contributed by atoms with van der Waals surface area (Å²) in [6.45, 7) is 9.12. The van der Waals surface area contributed by atoms with Gasteiger partial charge in [-0.2, -0.15) is 0 Å². The molecule has 0 aliphatic carbocycles. The molecule has 1 fully saturated rings. The number of carbonyl (C=O) groups is 1. The third-order valence-electron chi connectivity index (χ3n) is 8.12. The topological polar surface area (TPSA) is 44.8 Å². The molecule has 1 aliphatic rings. The van der Waals surface area contributed by atoms with Gasteiger partial charge in [0.15, 0.2) is 0 Å². The Bertz CT molecular complexity index is 718. The Labute approximate surface area is 241 Å². The van der Waals surface area contributed by atoms with Crippen LogP contribution in [-0.4, -0.2) is 62.2 Å². The van der Waals surface area contributed by atoms with Crippen LogP contribution >= 0.6 is 0 Å². The van der Waals surface area contributed by atoms with Gasteiger partial charge in [0.25, 0.3) is 0 Å². The number of unbranched alkanes of at least 4 members (excludes halogenated alkanes) is 15. The summed E-state index contributed by atoms with van der Waals surface area (Å²) in [7, 11) is 2.20. The number of hydrogen-bond acceptors (Lipinski definition) is 4. The molecule has 1 aromatic rings.